The molecule has 2 heterocycles. The van der Waals surface area contributed by atoms with Gasteiger partial charge in [0, 0.05) is 39.2 Å². The van der Waals surface area contributed by atoms with Crippen LogP contribution in [0.1, 0.15) is 33.1 Å². The first-order valence-corrected chi connectivity index (χ1v) is 7.74. The normalized spacial score (nSPS) is 18.4. The maximum Gasteiger partial charge on any atom is 0.216 e. The van der Waals surface area contributed by atoms with Crippen LogP contribution >= 0.6 is 0 Å². The molecule has 2 N–H and O–H groups in total. The summed E-state index contributed by atoms with van der Waals surface area (Å²) in [4.78, 5) is 21.9. The van der Waals surface area contributed by atoms with Crippen molar-refractivity contribution in [1.29, 1.82) is 0 Å². The van der Waals surface area contributed by atoms with Crippen molar-refractivity contribution in [3.05, 3.63) is 12.4 Å². The number of rotatable bonds is 6. The number of piperidine rings is 1. The Morgan fingerprint density at radius 1 is 1.48 bits per heavy atom. The second-order valence-corrected chi connectivity index (χ2v) is 5.58. The monoisotopic (exact) mass is 291 g/mol. The van der Waals surface area contributed by atoms with Gasteiger partial charge in [-0.05, 0) is 25.2 Å². The lowest BCUT2D eigenvalue weighted by Gasteiger charge is -2.33. The molecule has 0 aliphatic carbocycles. The average Bonchev–Trinajstić information content (AvgIpc) is 2.51. The van der Waals surface area contributed by atoms with Gasteiger partial charge in [0.05, 0.1) is 0 Å². The van der Waals surface area contributed by atoms with E-state index >= 15 is 0 Å². The Balaban J connectivity index is 1.95. The molecule has 1 atom stereocenters. The van der Waals surface area contributed by atoms with Crippen LogP contribution in [0.3, 0.4) is 0 Å². The summed E-state index contributed by atoms with van der Waals surface area (Å²) >= 11 is 0. The highest BCUT2D eigenvalue weighted by atomic mass is 16.1. The largest absolute Gasteiger partial charge is 0.370 e. The molecule has 1 aliphatic heterocycles. The Morgan fingerprint density at radius 2 is 2.33 bits per heavy atom. The molecule has 1 saturated heterocycles. The van der Waals surface area contributed by atoms with Gasteiger partial charge in [-0.3, -0.25) is 4.79 Å². The number of amides is 1. The van der Waals surface area contributed by atoms with Crippen molar-refractivity contribution in [3.8, 4) is 0 Å². The number of carbonyl (C=O) groups excluding carboxylic acids is 1. The molecule has 6 heteroatoms. The van der Waals surface area contributed by atoms with Crippen molar-refractivity contribution in [2.24, 2.45) is 5.92 Å². The van der Waals surface area contributed by atoms with Gasteiger partial charge in [0.25, 0.3) is 0 Å². The highest BCUT2D eigenvalue weighted by Crippen LogP contribution is 2.22. The number of anilines is 2. The molecule has 116 valence electrons. The molecule has 0 saturated carbocycles. The minimum atomic E-state index is 0.0419. The molecule has 1 aromatic rings. The molecule has 1 unspecified atom stereocenters. The molecular weight excluding hydrogens is 266 g/mol. The van der Waals surface area contributed by atoms with E-state index in [1.165, 1.54) is 0 Å². The molecule has 6 nitrogen and oxygen atoms in total. The van der Waals surface area contributed by atoms with Gasteiger partial charge in [-0.2, -0.15) is 0 Å². The van der Waals surface area contributed by atoms with E-state index in [1.54, 1.807) is 13.3 Å². The lowest BCUT2D eigenvalue weighted by Crippen LogP contribution is -2.41. The minimum Gasteiger partial charge on any atom is -0.370 e. The van der Waals surface area contributed by atoms with Crippen molar-refractivity contribution in [2.75, 3.05) is 36.4 Å². The first kappa shape index (κ1) is 15.5. The summed E-state index contributed by atoms with van der Waals surface area (Å²) in [6, 6.07) is 2.01. The number of nitrogens with zero attached hydrogens (tertiary/aromatic N) is 3. The fourth-order valence-electron chi connectivity index (χ4n) is 2.60. The van der Waals surface area contributed by atoms with Crippen LogP contribution < -0.4 is 15.5 Å². The highest BCUT2D eigenvalue weighted by molar-refractivity contribution is 5.72. The van der Waals surface area contributed by atoms with Crippen LogP contribution in [0.15, 0.2) is 12.4 Å². The third-order valence-electron chi connectivity index (χ3n) is 3.69. The molecular formula is C15H25N5O. The fourth-order valence-corrected chi connectivity index (χ4v) is 2.60. The van der Waals surface area contributed by atoms with E-state index in [1.807, 2.05) is 6.07 Å². The topological polar surface area (TPSA) is 70.2 Å². The van der Waals surface area contributed by atoms with Gasteiger partial charge < -0.3 is 15.5 Å². The van der Waals surface area contributed by atoms with Crippen molar-refractivity contribution in [2.45, 2.75) is 33.1 Å². The van der Waals surface area contributed by atoms with Crippen molar-refractivity contribution >= 4 is 17.5 Å². The fraction of sp³-hybridized carbons (Fsp3) is 0.667. The van der Waals surface area contributed by atoms with Crippen LogP contribution in [0, 0.1) is 5.92 Å². The predicted molar refractivity (Wildman–Crippen MR) is 84.4 cm³/mol. The smallest absolute Gasteiger partial charge is 0.216 e. The van der Waals surface area contributed by atoms with E-state index in [-0.39, 0.29) is 5.91 Å². The summed E-state index contributed by atoms with van der Waals surface area (Å²) in [5.41, 5.74) is 0. The molecule has 1 aliphatic rings. The molecule has 1 amide bonds. The molecule has 21 heavy (non-hydrogen) atoms. The zero-order valence-electron chi connectivity index (χ0n) is 12.9. The van der Waals surface area contributed by atoms with E-state index < -0.39 is 0 Å². The van der Waals surface area contributed by atoms with Gasteiger partial charge in [-0.1, -0.05) is 6.92 Å². The van der Waals surface area contributed by atoms with Gasteiger partial charge >= 0.3 is 0 Å². The first-order valence-electron chi connectivity index (χ1n) is 7.74. The SMILES string of the molecule is CCCNc1cc(N2CCCC(CNC(C)=O)C2)ncn1. The zero-order valence-corrected chi connectivity index (χ0v) is 12.9. The van der Waals surface area contributed by atoms with E-state index in [9.17, 15) is 4.79 Å². The van der Waals surface area contributed by atoms with E-state index in [0.717, 1.165) is 57.1 Å². The lowest BCUT2D eigenvalue weighted by atomic mass is 9.98. The number of hydrogen-bond donors (Lipinski definition) is 2. The summed E-state index contributed by atoms with van der Waals surface area (Å²) in [7, 11) is 0. The molecule has 1 aromatic heterocycles. The third-order valence-corrected chi connectivity index (χ3v) is 3.69. The Labute approximate surface area is 126 Å². The summed E-state index contributed by atoms with van der Waals surface area (Å²) in [6.45, 7) is 7.31. The quantitative estimate of drug-likeness (QED) is 0.834. The average molecular weight is 291 g/mol. The molecule has 0 radical (unpaired) electrons. The van der Waals surface area contributed by atoms with E-state index in [0.29, 0.717) is 5.92 Å². The molecule has 0 bridgehead atoms. The van der Waals surface area contributed by atoms with Crippen LogP contribution in [-0.4, -0.2) is 42.1 Å². The number of nitrogens with one attached hydrogen (secondary N) is 2. The molecule has 0 spiro atoms. The van der Waals surface area contributed by atoms with E-state index in [4.69, 9.17) is 0 Å². The number of aromatic nitrogens is 2. The standard InChI is InChI=1S/C15H25N5O/c1-3-6-16-14-8-15(19-11-18-14)20-7-4-5-13(10-20)9-17-12(2)21/h8,11,13H,3-7,9-10H2,1-2H3,(H,17,21)(H,16,18,19). The first-order chi connectivity index (χ1) is 10.2. The summed E-state index contributed by atoms with van der Waals surface area (Å²) < 4.78 is 0. The van der Waals surface area contributed by atoms with Crippen LogP contribution in [0.4, 0.5) is 11.6 Å². The van der Waals surface area contributed by atoms with Gasteiger partial charge in [0.15, 0.2) is 0 Å². The molecule has 2 rings (SSSR count). The Bertz CT molecular complexity index is 465. The molecule has 1 fully saturated rings. The van der Waals surface area contributed by atoms with Crippen LogP contribution in [-0.2, 0) is 4.79 Å². The van der Waals surface area contributed by atoms with Crippen LogP contribution in [0.2, 0.25) is 0 Å². The number of carbonyl (C=O) groups is 1. The Morgan fingerprint density at radius 3 is 3.10 bits per heavy atom. The summed E-state index contributed by atoms with van der Waals surface area (Å²) in [5, 5.41) is 6.21. The van der Waals surface area contributed by atoms with Gasteiger partial charge in [0.1, 0.15) is 18.0 Å². The third kappa shape index (κ3) is 4.88. The highest BCUT2D eigenvalue weighted by Gasteiger charge is 2.21. The second kappa shape index (κ2) is 7.81. The number of hydrogen-bond acceptors (Lipinski definition) is 5. The van der Waals surface area contributed by atoms with Gasteiger partial charge in [-0.15, -0.1) is 0 Å². The van der Waals surface area contributed by atoms with Gasteiger partial charge in [-0.25, -0.2) is 9.97 Å². The zero-order chi connectivity index (χ0) is 15.1. The molecule has 0 aromatic carbocycles. The minimum absolute atomic E-state index is 0.0419. The van der Waals surface area contributed by atoms with Crippen LogP contribution in [0.5, 0.6) is 0 Å². The second-order valence-electron chi connectivity index (χ2n) is 5.58. The van der Waals surface area contributed by atoms with Crippen LogP contribution in [0.25, 0.3) is 0 Å². The summed E-state index contributed by atoms with van der Waals surface area (Å²) in [5.74, 6) is 2.38. The van der Waals surface area contributed by atoms with Crippen molar-refractivity contribution in [3.63, 3.8) is 0 Å². The van der Waals surface area contributed by atoms with E-state index in [2.05, 4.69) is 32.4 Å². The maximum absolute atomic E-state index is 11.0. The van der Waals surface area contributed by atoms with Crippen molar-refractivity contribution < 1.29 is 4.79 Å². The maximum atomic E-state index is 11.0. The Hall–Kier alpha value is -1.85. The van der Waals surface area contributed by atoms with Gasteiger partial charge in [0.2, 0.25) is 5.91 Å². The predicted octanol–water partition coefficient (Wildman–Crippen LogP) is 1.65. The lowest BCUT2D eigenvalue weighted by molar-refractivity contribution is -0.119. The van der Waals surface area contributed by atoms with Crippen molar-refractivity contribution in [1.82, 2.24) is 15.3 Å². The summed E-state index contributed by atoms with van der Waals surface area (Å²) in [6.07, 6.45) is 4.97. The Kier molecular flexibility index (Phi) is 5.78.